The van der Waals surface area contributed by atoms with Crippen molar-refractivity contribution in [2.45, 2.75) is 19.3 Å². The smallest absolute Gasteiger partial charge is 0.225 e. The maximum absolute atomic E-state index is 12.2. The summed E-state index contributed by atoms with van der Waals surface area (Å²) in [4.78, 5) is 25.4. The second-order valence-corrected chi connectivity index (χ2v) is 6.77. The molecule has 0 atom stereocenters. The summed E-state index contributed by atoms with van der Waals surface area (Å²) in [6.07, 6.45) is 3.44. The van der Waals surface area contributed by atoms with Gasteiger partial charge in [-0.2, -0.15) is 0 Å². The fourth-order valence-electron chi connectivity index (χ4n) is 3.08. The van der Waals surface area contributed by atoms with Crippen LogP contribution >= 0.6 is 0 Å². The van der Waals surface area contributed by atoms with Gasteiger partial charge in [-0.1, -0.05) is 6.42 Å². The molecule has 0 spiro atoms. The van der Waals surface area contributed by atoms with Gasteiger partial charge in [0, 0.05) is 66.8 Å². The van der Waals surface area contributed by atoms with Gasteiger partial charge < -0.3 is 14.7 Å². The first kappa shape index (κ1) is 17.1. The van der Waals surface area contributed by atoms with E-state index in [9.17, 15) is 4.79 Å². The molecule has 1 saturated heterocycles. The van der Waals surface area contributed by atoms with Crippen molar-refractivity contribution >= 4 is 11.9 Å². The zero-order valence-corrected chi connectivity index (χ0v) is 14.6. The van der Waals surface area contributed by atoms with Gasteiger partial charge in [0.2, 0.25) is 5.91 Å². The Morgan fingerprint density at radius 2 is 1.64 bits per heavy atom. The highest BCUT2D eigenvalue weighted by molar-refractivity contribution is 5.80. The number of hydrogen-bond acceptors (Lipinski definition) is 3. The molecule has 0 unspecified atom stereocenters. The third kappa shape index (κ3) is 4.35. The summed E-state index contributed by atoms with van der Waals surface area (Å²) < 4.78 is 0. The predicted molar refractivity (Wildman–Crippen MR) is 90.0 cm³/mol. The number of guanidine groups is 1. The number of piperazine rings is 1. The van der Waals surface area contributed by atoms with Gasteiger partial charge in [-0.05, 0) is 12.8 Å². The first-order valence-corrected chi connectivity index (χ1v) is 8.39. The quantitative estimate of drug-likeness (QED) is 0.557. The number of hydrogen-bond donors (Lipinski definition) is 0. The SMILES string of the molecule is CN(C)C(=NCCN1CCN(C(=O)C2CCC2)CC1)N(C)C. The molecule has 0 aromatic carbocycles. The highest BCUT2D eigenvalue weighted by Gasteiger charge is 2.30. The highest BCUT2D eigenvalue weighted by atomic mass is 16.2. The number of nitrogens with zero attached hydrogens (tertiary/aromatic N) is 5. The minimum absolute atomic E-state index is 0.332. The Bertz CT molecular complexity index is 385. The van der Waals surface area contributed by atoms with Crippen molar-refractivity contribution in [3.63, 3.8) is 0 Å². The minimum Gasteiger partial charge on any atom is -0.349 e. The molecule has 0 radical (unpaired) electrons. The number of carbonyl (C=O) groups is 1. The Hall–Kier alpha value is -1.30. The van der Waals surface area contributed by atoms with E-state index in [-0.39, 0.29) is 0 Å². The van der Waals surface area contributed by atoms with E-state index in [4.69, 9.17) is 0 Å². The van der Waals surface area contributed by atoms with Gasteiger partial charge in [0.25, 0.3) is 0 Å². The van der Waals surface area contributed by atoms with Gasteiger partial charge in [0.15, 0.2) is 5.96 Å². The highest BCUT2D eigenvalue weighted by Crippen LogP contribution is 2.28. The Morgan fingerprint density at radius 3 is 2.09 bits per heavy atom. The van der Waals surface area contributed by atoms with Crippen LogP contribution in [0, 0.1) is 5.92 Å². The molecule has 1 aliphatic carbocycles. The summed E-state index contributed by atoms with van der Waals surface area (Å²) >= 11 is 0. The monoisotopic (exact) mass is 309 g/mol. The molecule has 2 rings (SSSR count). The minimum atomic E-state index is 0.332. The fraction of sp³-hybridized carbons (Fsp3) is 0.875. The molecule has 1 aliphatic heterocycles. The van der Waals surface area contributed by atoms with Crippen LogP contribution < -0.4 is 0 Å². The lowest BCUT2D eigenvalue weighted by Crippen LogP contribution is -2.51. The second kappa shape index (κ2) is 7.81. The lowest BCUT2D eigenvalue weighted by atomic mass is 9.84. The van der Waals surface area contributed by atoms with Crippen LogP contribution in [0.3, 0.4) is 0 Å². The first-order valence-electron chi connectivity index (χ1n) is 8.39. The lowest BCUT2D eigenvalue weighted by Gasteiger charge is -2.38. The largest absolute Gasteiger partial charge is 0.349 e. The van der Waals surface area contributed by atoms with Crippen molar-refractivity contribution < 1.29 is 4.79 Å². The van der Waals surface area contributed by atoms with Gasteiger partial charge in [-0.15, -0.1) is 0 Å². The van der Waals surface area contributed by atoms with Crippen LogP contribution in [0.25, 0.3) is 0 Å². The van der Waals surface area contributed by atoms with Crippen molar-refractivity contribution in [3.8, 4) is 0 Å². The van der Waals surface area contributed by atoms with Crippen molar-refractivity contribution in [1.29, 1.82) is 0 Å². The molecule has 1 saturated carbocycles. The summed E-state index contributed by atoms with van der Waals surface area (Å²) in [5, 5.41) is 0. The molecule has 0 N–H and O–H groups in total. The average Bonchev–Trinajstić information content (AvgIpc) is 2.41. The summed E-state index contributed by atoms with van der Waals surface area (Å²) in [6.45, 7) is 5.50. The fourth-order valence-corrected chi connectivity index (χ4v) is 3.08. The van der Waals surface area contributed by atoms with Gasteiger partial charge in [0.05, 0.1) is 6.54 Å². The van der Waals surface area contributed by atoms with Crippen molar-refractivity contribution in [1.82, 2.24) is 19.6 Å². The summed E-state index contributed by atoms with van der Waals surface area (Å²) in [5.41, 5.74) is 0. The van der Waals surface area contributed by atoms with Gasteiger partial charge >= 0.3 is 0 Å². The topological polar surface area (TPSA) is 42.4 Å². The summed E-state index contributed by atoms with van der Waals surface area (Å²) in [5.74, 6) is 1.73. The standard InChI is InChI=1S/C16H31N5O/c1-18(2)16(19(3)4)17-8-9-20-10-12-21(13-11-20)15(22)14-6-5-7-14/h14H,5-13H2,1-4H3. The Labute approximate surface area is 134 Å². The van der Waals surface area contributed by atoms with Crippen LogP contribution in [0.1, 0.15) is 19.3 Å². The van der Waals surface area contributed by atoms with Crippen LogP contribution in [0.4, 0.5) is 0 Å². The van der Waals surface area contributed by atoms with Crippen molar-refractivity contribution in [2.75, 3.05) is 67.5 Å². The molecule has 126 valence electrons. The maximum atomic E-state index is 12.2. The molecule has 6 heteroatoms. The van der Waals surface area contributed by atoms with E-state index < -0.39 is 0 Å². The molecule has 2 aliphatic rings. The number of carbonyl (C=O) groups excluding carboxylic acids is 1. The van der Waals surface area contributed by atoms with Crippen molar-refractivity contribution in [3.05, 3.63) is 0 Å². The average molecular weight is 309 g/mol. The Morgan fingerprint density at radius 1 is 1.05 bits per heavy atom. The van der Waals surface area contributed by atoms with Gasteiger partial charge in [-0.25, -0.2) is 0 Å². The molecular weight excluding hydrogens is 278 g/mol. The maximum Gasteiger partial charge on any atom is 0.225 e. The van der Waals surface area contributed by atoms with E-state index in [1.165, 1.54) is 6.42 Å². The normalized spacial score (nSPS) is 19.5. The van der Waals surface area contributed by atoms with Gasteiger partial charge in [0.1, 0.15) is 0 Å². The van der Waals surface area contributed by atoms with Crippen LogP contribution in [0.15, 0.2) is 4.99 Å². The lowest BCUT2D eigenvalue weighted by molar-refractivity contribution is -0.139. The van der Waals surface area contributed by atoms with Crippen LogP contribution in [-0.4, -0.2) is 98.9 Å². The summed E-state index contributed by atoms with van der Waals surface area (Å²) in [7, 11) is 8.07. The van der Waals surface area contributed by atoms with E-state index in [1.807, 2.05) is 38.0 Å². The third-order valence-electron chi connectivity index (χ3n) is 4.61. The van der Waals surface area contributed by atoms with E-state index in [1.54, 1.807) is 0 Å². The van der Waals surface area contributed by atoms with E-state index in [0.717, 1.165) is 58.1 Å². The zero-order chi connectivity index (χ0) is 16.1. The Balaban J connectivity index is 1.71. The number of rotatable bonds is 4. The Kier molecular flexibility index (Phi) is 6.06. The summed E-state index contributed by atoms with van der Waals surface area (Å²) in [6, 6.07) is 0. The molecule has 0 aromatic heterocycles. The first-order chi connectivity index (χ1) is 10.5. The van der Waals surface area contributed by atoms with E-state index in [2.05, 4.69) is 14.8 Å². The van der Waals surface area contributed by atoms with Gasteiger partial charge in [-0.3, -0.25) is 14.7 Å². The number of aliphatic imine (C=N–C) groups is 1. The molecule has 22 heavy (non-hydrogen) atoms. The zero-order valence-electron chi connectivity index (χ0n) is 14.6. The van der Waals surface area contributed by atoms with Crippen LogP contribution in [0.2, 0.25) is 0 Å². The molecule has 0 aromatic rings. The molecule has 1 heterocycles. The molecular formula is C16H31N5O. The third-order valence-corrected chi connectivity index (χ3v) is 4.61. The molecule has 2 fully saturated rings. The van der Waals surface area contributed by atoms with E-state index >= 15 is 0 Å². The molecule has 6 nitrogen and oxygen atoms in total. The second-order valence-electron chi connectivity index (χ2n) is 6.77. The van der Waals surface area contributed by atoms with Crippen LogP contribution in [-0.2, 0) is 4.79 Å². The van der Waals surface area contributed by atoms with Crippen molar-refractivity contribution in [2.24, 2.45) is 10.9 Å². The van der Waals surface area contributed by atoms with Crippen LogP contribution in [0.5, 0.6) is 0 Å². The predicted octanol–water partition coefficient (Wildman–Crippen LogP) is 0.410. The van der Waals surface area contributed by atoms with E-state index in [0.29, 0.717) is 11.8 Å². The number of amides is 1. The molecule has 0 bridgehead atoms. The molecule has 1 amide bonds.